The highest BCUT2D eigenvalue weighted by atomic mass is 32.1. The van der Waals surface area contributed by atoms with Gasteiger partial charge in [0.25, 0.3) is 5.91 Å². The molecule has 1 rings (SSSR count). The average Bonchev–Trinajstić information content (AvgIpc) is 2.65. The topological polar surface area (TPSA) is 72.6 Å². The van der Waals surface area contributed by atoms with Gasteiger partial charge in [-0.15, -0.1) is 11.3 Å². The molecule has 6 heteroatoms. The van der Waals surface area contributed by atoms with Gasteiger partial charge in [-0.1, -0.05) is 0 Å². The minimum Gasteiger partial charge on any atom is -0.468 e. The maximum absolute atomic E-state index is 12.1. The summed E-state index contributed by atoms with van der Waals surface area (Å²) >= 11 is 1.33. The Morgan fingerprint density at radius 2 is 2.18 bits per heavy atom. The SMILES string of the molecule is CCN(CC(=O)OC)C(=O)c1cc(N)c(C)s1. The van der Waals surface area contributed by atoms with Crippen molar-refractivity contribution in [1.29, 1.82) is 0 Å². The van der Waals surface area contributed by atoms with Crippen LogP contribution >= 0.6 is 11.3 Å². The lowest BCUT2D eigenvalue weighted by atomic mass is 10.3. The van der Waals surface area contributed by atoms with Gasteiger partial charge < -0.3 is 15.4 Å². The highest BCUT2D eigenvalue weighted by Crippen LogP contribution is 2.24. The monoisotopic (exact) mass is 256 g/mol. The summed E-state index contributed by atoms with van der Waals surface area (Å²) < 4.78 is 4.54. The number of rotatable bonds is 4. The van der Waals surface area contributed by atoms with E-state index in [1.54, 1.807) is 6.07 Å². The normalized spacial score (nSPS) is 10.1. The Bertz CT molecular complexity index is 409. The molecule has 0 bridgehead atoms. The van der Waals surface area contributed by atoms with Crippen molar-refractivity contribution < 1.29 is 14.3 Å². The van der Waals surface area contributed by atoms with E-state index >= 15 is 0 Å². The largest absolute Gasteiger partial charge is 0.468 e. The van der Waals surface area contributed by atoms with E-state index in [1.165, 1.54) is 23.3 Å². The van der Waals surface area contributed by atoms with E-state index in [-0.39, 0.29) is 12.5 Å². The number of likely N-dealkylation sites (N-methyl/N-ethyl adjacent to an activating group) is 1. The number of methoxy groups -OCH3 is 1. The van der Waals surface area contributed by atoms with Crippen LogP contribution in [0.3, 0.4) is 0 Å². The van der Waals surface area contributed by atoms with Crippen molar-refractivity contribution in [1.82, 2.24) is 4.90 Å². The number of nitrogens with zero attached hydrogens (tertiary/aromatic N) is 1. The number of ether oxygens (including phenoxy) is 1. The predicted molar refractivity (Wildman–Crippen MR) is 67.1 cm³/mol. The lowest BCUT2D eigenvalue weighted by molar-refractivity contribution is -0.141. The molecule has 0 fully saturated rings. The fourth-order valence-corrected chi connectivity index (χ4v) is 2.21. The molecule has 94 valence electrons. The van der Waals surface area contributed by atoms with Crippen molar-refractivity contribution in [2.45, 2.75) is 13.8 Å². The number of carbonyl (C=O) groups excluding carboxylic acids is 2. The number of thiophene rings is 1. The second-order valence-corrected chi connectivity index (χ2v) is 4.77. The fourth-order valence-electron chi connectivity index (χ4n) is 1.31. The smallest absolute Gasteiger partial charge is 0.325 e. The minimum atomic E-state index is -0.429. The molecular weight excluding hydrogens is 240 g/mol. The first-order valence-electron chi connectivity index (χ1n) is 5.21. The number of anilines is 1. The fraction of sp³-hybridized carbons (Fsp3) is 0.455. The quantitative estimate of drug-likeness (QED) is 0.823. The molecule has 1 aromatic heterocycles. The molecule has 2 N–H and O–H groups in total. The van der Waals surface area contributed by atoms with Gasteiger partial charge in [-0.25, -0.2) is 0 Å². The highest BCUT2D eigenvalue weighted by molar-refractivity contribution is 7.14. The predicted octanol–water partition coefficient (Wildman–Crippen LogP) is 1.27. The number of esters is 1. The van der Waals surface area contributed by atoms with E-state index in [0.717, 1.165) is 4.88 Å². The van der Waals surface area contributed by atoms with Crippen LogP contribution in [0.5, 0.6) is 0 Å². The number of carbonyl (C=O) groups is 2. The molecule has 1 amide bonds. The molecule has 0 saturated carbocycles. The van der Waals surface area contributed by atoms with E-state index in [1.807, 2.05) is 13.8 Å². The Hall–Kier alpha value is -1.56. The molecule has 0 aliphatic rings. The van der Waals surface area contributed by atoms with Crippen LogP contribution in [0, 0.1) is 6.92 Å². The van der Waals surface area contributed by atoms with Gasteiger partial charge in [-0.3, -0.25) is 9.59 Å². The first-order valence-corrected chi connectivity index (χ1v) is 6.03. The molecule has 0 aromatic carbocycles. The first-order chi connectivity index (χ1) is 7.99. The molecule has 5 nitrogen and oxygen atoms in total. The summed E-state index contributed by atoms with van der Waals surface area (Å²) in [7, 11) is 1.30. The van der Waals surface area contributed by atoms with Gasteiger partial charge in [-0.2, -0.15) is 0 Å². The molecule has 0 atom stereocenters. The maximum Gasteiger partial charge on any atom is 0.325 e. The van der Waals surface area contributed by atoms with E-state index in [0.29, 0.717) is 17.1 Å². The van der Waals surface area contributed by atoms with Crippen LogP contribution in [0.1, 0.15) is 21.5 Å². The van der Waals surface area contributed by atoms with Crippen molar-refractivity contribution in [3.8, 4) is 0 Å². The average molecular weight is 256 g/mol. The van der Waals surface area contributed by atoms with Crippen LogP contribution in [0.15, 0.2) is 6.07 Å². The van der Waals surface area contributed by atoms with Crippen molar-refractivity contribution in [3.63, 3.8) is 0 Å². The molecular formula is C11H16N2O3S. The summed E-state index contributed by atoms with van der Waals surface area (Å²) in [4.78, 5) is 26.1. The molecule has 1 aromatic rings. The third kappa shape index (κ3) is 3.20. The number of nitrogen functional groups attached to an aromatic ring is 1. The van der Waals surface area contributed by atoms with Gasteiger partial charge in [0.05, 0.1) is 12.0 Å². The van der Waals surface area contributed by atoms with Gasteiger partial charge in [-0.05, 0) is 19.9 Å². The molecule has 0 saturated heterocycles. The third-order valence-corrected chi connectivity index (χ3v) is 3.44. The molecule has 0 aliphatic heterocycles. The van der Waals surface area contributed by atoms with Crippen LogP contribution in [0.2, 0.25) is 0 Å². The van der Waals surface area contributed by atoms with Crippen molar-refractivity contribution in [2.24, 2.45) is 0 Å². The van der Waals surface area contributed by atoms with Gasteiger partial charge in [0.15, 0.2) is 0 Å². The van der Waals surface area contributed by atoms with Crippen LogP contribution in [-0.2, 0) is 9.53 Å². The second kappa shape index (κ2) is 5.67. The van der Waals surface area contributed by atoms with Crippen LogP contribution in [0.25, 0.3) is 0 Å². The Labute approximate surface area is 104 Å². The molecule has 0 radical (unpaired) electrons. The summed E-state index contributed by atoms with van der Waals surface area (Å²) in [6, 6.07) is 1.64. The first kappa shape index (κ1) is 13.5. The number of nitrogens with two attached hydrogens (primary N) is 1. The zero-order chi connectivity index (χ0) is 13.0. The molecule has 0 unspecified atom stereocenters. The molecule has 0 aliphatic carbocycles. The van der Waals surface area contributed by atoms with Gasteiger partial charge in [0.1, 0.15) is 6.54 Å². The van der Waals surface area contributed by atoms with Gasteiger partial charge >= 0.3 is 5.97 Å². The number of hydrogen-bond acceptors (Lipinski definition) is 5. The Morgan fingerprint density at radius 1 is 1.53 bits per heavy atom. The molecule has 1 heterocycles. The maximum atomic E-state index is 12.1. The van der Waals surface area contributed by atoms with Gasteiger partial charge in [0, 0.05) is 17.1 Å². The number of hydrogen-bond donors (Lipinski definition) is 1. The Morgan fingerprint density at radius 3 is 2.59 bits per heavy atom. The van der Waals surface area contributed by atoms with Crippen molar-refractivity contribution in [3.05, 3.63) is 15.8 Å². The standard InChI is InChI=1S/C11H16N2O3S/c1-4-13(6-10(14)16-3)11(15)9-5-8(12)7(2)17-9/h5H,4,6,12H2,1-3H3. The lowest BCUT2D eigenvalue weighted by Gasteiger charge is -2.18. The van der Waals surface area contributed by atoms with E-state index in [4.69, 9.17) is 5.73 Å². The summed E-state index contributed by atoms with van der Waals surface area (Å²) in [5.41, 5.74) is 6.30. The minimum absolute atomic E-state index is 0.0390. The zero-order valence-electron chi connectivity index (χ0n) is 10.1. The Kier molecular flexibility index (Phi) is 4.51. The zero-order valence-corrected chi connectivity index (χ0v) is 11.0. The third-order valence-electron chi connectivity index (χ3n) is 2.38. The molecule has 17 heavy (non-hydrogen) atoms. The van der Waals surface area contributed by atoms with Crippen molar-refractivity contribution >= 4 is 28.9 Å². The van der Waals surface area contributed by atoms with E-state index < -0.39 is 5.97 Å². The summed E-state index contributed by atoms with van der Waals surface area (Å²) in [5.74, 6) is -0.621. The molecule has 0 spiro atoms. The second-order valence-electron chi connectivity index (χ2n) is 3.52. The number of amides is 1. The van der Waals surface area contributed by atoms with Crippen LogP contribution in [-0.4, -0.2) is 37.0 Å². The van der Waals surface area contributed by atoms with Crippen LogP contribution in [0.4, 0.5) is 5.69 Å². The summed E-state index contributed by atoms with van der Waals surface area (Å²) in [5, 5.41) is 0. The van der Waals surface area contributed by atoms with Crippen molar-refractivity contribution in [2.75, 3.05) is 25.9 Å². The van der Waals surface area contributed by atoms with Gasteiger partial charge in [0.2, 0.25) is 0 Å². The summed E-state index contributed by atoms with van der Waals surface area (Å²) in [6.45, 7) is 4.07. The van der Waals surface area contributed by atoms with E-state index in [2.05, 4.69) is 4.74 Å². The Balaban J connectivity index is 2.82. The van der Waals surface area contributed by atoms with Crippen LogP contribution < -0.4 is 5.73 Å². The number of aryl methyl sites for hydroxylation is 1. The lowest BCUT2D eigenvalue weighted by Crippen LogP contribution is -2.35. The summed E-state index contributed by atoms with van der Waals surface area (Å²) in [6.07, 6.45) is 0. The highest BCUT2D eigenvalue weighted by Gasteiger charge is 2.19. The van der Waals surface area contributed by atoms with E-state index in [9.17, 15) is 9.59 Å².